The van der Waals surface area contributed by atoms with Crippen molar-refractivity contribution in [3.63, 3.8) is 0 Å². The Kier molecular flexibility index (Phi) is 4.42. The first-order chi connectivity index (χ1) is 14.1. The maximum absolute atomic E-state index is 10.5. The van der Waals surface area contributed by atoms with Crippen LogP contribution in [0.15, 0.2) is 34.9 Å². The van der Waals surface area contributed by atoms with E-state index in [1.807, 2.05) is 6.20 Å². The molecule has 5 fully saturated rings. The Labute approximate surface area is 179 Å². The van der Waals surface area contributed by atoms with Crippen molar-refractivity contribution in [2.75, 3.05) is 0 Å². The number of hydrogen-bond acceptors (Lipinski definition) is 4. The number of benzene rings is 1. The Bertz CT molecular complexity index is 891. The standard InChI is InChI=1S/C23H28BrN3O2/c24-19-3-5-20(6-4-19)27-21(15-1-2-15)18(12-25-27)13-29-26-23-9-14-7-16(10-23)22(28)17(8-14)11-23/h3-6,12,14-17,22,26,28H,1-2,7-11,13H2. The van der Waals surface area contributed by atoms with Crippen molar-refractivity contribution in [3.05, 3.63) is 46.2 Å². The van der Waals surface area contributed by atoms with Crippen LogP contribution >= 0.6 is 15.9 Å². The fraction of sp³-hybridized carbons (Fsp3) is 0.609. The van der Waals surface area contributed by atoms with Crippen LogP contribution in [0.2, 0.25) is 0 Å². The molecule has 2 atom stereocenters. The van der Waals surface area contributed by atoms with Crippen molar-refractivity contribution in [1.29, 1.82) is 0 Å². The Morgan fingerprint density at radius 3 is 2.55 bits per heavy atom. The summed E-state index contributed by atoms with van der Waals surface area (Å²) in [4.78, 5) is 6.13. The predicted octanol–water partition coefficient (Wildman–Crippen LogP) is 4.47. The molecule has 6 heteroatoms. The number of rotatable bonds is 6. The van der Waals surface area contributed by atoms with Crippen molar-refractivity contribution in [1.82, 2.24) is 15.3 Å². The van der Waals surface area contributed by atoms with Crippen LogP contribution < -0.4 is 5.48 Å². The molecule has 0 amide bonds. The lowest BCUT2D eigenvalue weighted by molar-refractivity contribution is -0.158. The molecule has 5 aliphatic carbocycles. The first-order valence-corrected chi connectivity index (χ1v) is 11.8. The van der Waals surface area contributed by atoms with Crippen molar-refractivity contribution in [2.24, 2.45) is 17.8 Å². The summed E-state index contributed by atoms with van der Waals surface area (Å²) in [5.74, 6) is 2.27. The van der Waals surface area contributed by atoms with E-state index >= 15 is 0 Å². The van der Waals surface area contributed by atoms with Gasteiger partial charge in [-0.05, 0) is 87.0 Å². The predicted molar refractivity (Wildman–Crippen MR) is 113 cm³/mol. The summed E-state index contributed by atoms with van der Waals surface area (Å²) >= 11 is 3.51. The maximum atomic E-state index is 10.5. The van der Waals surface area contributed by atoms with E-state index in [0.717, 1.165) is 28.9 Å². The number of aliphatic hydroxyl groups is 1. The zero-order valence-corrected chi connectivity index (χ0v) is 18.1. The van der Waals surface area contributed by atoms with E-state index in [0.29, 0.717) is 24.4 Å². The Balaban J connectivity index is 1.18. The molecule has 2 unspecified atom stereocenters. The average Bonchev–Trinajstić information content (AvgIpc) is 3.46. The van der Waals surface area contributed by atoms with Gasteiger partial charge in [0.05, 0.1) is 30.3 Å². The molecular formula is C23H28BrN3O2. The minimum atomic E-state index is -0.0907. The summed E-state index contributed by atoms with van der Waals surface area (Å²) < 4.78 is 3.17. The first kappa shape index (κ1) is 18.6. The van der Waals surface area contributed by atoms with E-state index in [4.69, 9.17) is 9.94 Å². The molecule has 4 bridgehead atoms. The van der Waals surface area contributed by atoms with Crippen molar-refractivity contribution < 1.29 is 9.94 Å². The molecule has 7 rings (SSSR count). The number of nitrogens with one attached hydrogen (secondary N) is 1. The van der Waals surface area contributed by atoms with Crippen LogP contribution in [0.1, 0.15) is 62.1 Å². The Hall–Kier alpha value is -1.21. The van der Waals surface area contributed by atoms with Crippen molar-refractivity contribution in [2.45, 2.75) is 69.1 Å². The summed E-state index contributed by atoms with van der Waals surface area (Å²) in [5.41, 5.74) is 7.14. The van der Waals surface area contributed by atoms with Crippen LogP contribution in [-0.4, -0.2) is 26.5 Å². The van der Waals surface area contributed by atoms with Gasteiger partial charge in [0.25, 0.3) is 0 Å². The second-order valence-corrected chi connectivity index (χ2v) is 10.8. The van der Waals surface area contributed by atoms with Crippen molar-refractivity contribution in [3.8, 4) is 5.69 Å². The number of hydroxylamine groups is 1. The minimum Gasteiger partial charge on any atom is -0.393 e. The fourth-order valence-electron chi connectivity index (χ4n) is 6.47. The topological polar surface area (TPSA) is 59.3 Å². The van der Waals surface area contributed by atoms with Gasteiger partial charge in [-0.15, -0.1) is 0 Å². The van der Waals surface area contributed by atoms with Gasteiger partial charge in [-0.25, -0.2) is 4.68 Å². The van der Waals surface area contributed by atoms with Crippen LogP contribution in [0.5, 0.6) is 0 Å². The van der Waals surface area contributed by atoms with Gasteiger partial charge in [-0.2, -0.15) is 10.6 Å². The second kappa shape index (κ2) is 6.91. The van der Waals surface area contributed by atoms with Gasteiger partial charge in [0.2, 0.25) is 0 Å². The molecule has 5 nitrogen and oxygen atoms in total. The molecular weight excluding hydrogens is 430 g/mol. The zero-order chi connectivity index (χ0) is 19.6. The minimum absolute atomic E-state index is 0.0666. The highest BCUT2D eigenvalue weighted by atomic mass is 79.9. The molecule has 2 aromatic rings. The van der Waals surface area contributed by atoms with Gasteiger partial charge < -0.3 is 5.11 Å². The summed E-state index contributed by atoms with van der Waals surface area (Å²) in [7, 11) is 0. The number of hydrogen-bond donors (Lipinski definition) is 2. The van der Waals surface area contributed by atoms with Crippen LogP contribution in [0, 0.1) is 17.8 Å². The summed E-state index contributed by atoms with van der Waals surface area (Å²) in [5, 5.41) is 15.2. The monoisotopic (exact) mass is 457 g/mol. The quantitative estimate of drug-likeness (QED) is 0.628. The smallest absolute Gasteiger partial charge is 0.0966 e. The average molecular weight is 458 g/mol. The highest BCUT2D eigenvalue weighted by Gasteiger charge is 2.55. The van der Waals surface area contributed by atoms with Gasteiger partial charge in [-0.3, -0.25) is 4.84 Å². The van der Waals surface area contributed by atoms with Crippen LogP contribution in [-0.2, 0) is 11.4 Å². The van der Waals surface area contributed by atoms with Crippen LogP contribution in [0.25, 0.3) is 5.69 Å². The van der Waals surface area contributed by atoms with E-state index in [1.165, 1.54) is 43.4 Å². The van der Waals surface area contributed by atoms with Crippen LogP contribution in [0.4, 0.5) is 0 Å². The molecule has 0 aliphatic heterocycles. The second-order valence-electron chi connectivity index (χ2n) is 9.85. The molecule has 29 heavy (non-hydrogen) atoms. The molecule has 0 spiro atoms. The molecule has 2 N–H and O–H groups in total. The fourth-order valence-corrected chi connectivity index (χ4v) is 6.74. The first-order valence-electron chi connectivity index (χ1n) is 11.0. The van der Waals surface area contributed by atoms with Crippen LogP contribution in [0.3, 0.4) is 0 Å². The maximum Gasteiger partial charge on any atom is 0.0966 e. The summed E-state index contributed by atoms with van der Waals surface area (Å²) in [6, 6.07) is 8.33. The van der Waals surface area contributed by atoms with E-state index in [-0.39, 0.29) is 11.6 Å². The number of halogens is 1. The third-order valence-corrected chi connectivity index (χ3v) is 8.19. The van der Waals surface area contributed by atoms with Gasteiger partial charge in [0, 0.05) is 21.5 Å². The van der Waals surface area contributed by atoms with Gasteiger partial charge >= 0.3 is 0 Å². The number of aliphatic hydroxyl groups excluding tert-OH is 1. The van der Waals surface area contributed by atoms with Gasteiger partial charge in [-0.1, -0.05) is 15.9 Å². The molecule has 1 heterocycles. The Morgan fingerprint density at radius 2 is 1.86 bits per heavy atom. The van der Waals surface area contributed by atoms with E-state index in [9.17, 15) is 5.11 Å². The lowest BCUT2D eigenvalue weighted by atomic mass is 9.52. The zero-order valence-electron chi connectivity index (χ0n) is 16.6. The van der Waals surface area contributed by atoms with Crippen molar-refractivity contribution >= 4 is 15.9 Å². The lowest BCUT2D eigenvalue weighted by Gasteiger charge is -2.58. The van der Waals surface area contributed by atoms with Gasteiger partial charge in [0.15, 0.2) is 0 Å². The molecule has 154 valence electrons. The molecule has 0 radical (unpaired) electrons. The van der Waals surface area contributed by atoms with E-state index in [1.54, 1.807) is 0 Å². The molecule has 5 aliphatic rings. The third-order valence-electron chi connectivity index (χ3n) is 7.66. The van der Waals surface area contributed by atoms with E-state index in [2.05, 4.69) is 50.4 Å². The lowest BCUT2D eigenvalue weighted by Crippen LogP contribution is -2.62. The summed E-state index contributed by atoms with van der Waals surface area (Å²) in [6.07, 6.45) is 10.0. The van der Waals surface area contributed by atoms with Gasteiger partial charge in [0.1, 0.15) is 0 Å². The van der Waals surface area contributed by atoms with E-state index < -0.39 is 0 Å². The largest absolute Gasteiger partial charge is 0.393 e. The highest BCUT2D eigenvalue weighted by molar-refractivity contribution is 9.10. The SMILES string of the molecule is OC1C2CC3CC1CC(NOCc1cnn(-c4ccc(Br)cc4)c1C1CC1)(C3)C2. The number of nitrogens with zero attached hydrogens (tertiary/aromatic N) is 2. The molecule has 5 saturated carbocycles. The number of aromatic nitrogens is 2. The highest BCUT2D eigenvalue weighted by Crippen LogP contribution is 2.55. The normalized spacial score (nSPS) is 35.4. The molecule has 1 aromatic heterocycles. The Morgan fingerprint density at radius 1 is 1.14 bits per heavy atom. The summed E-state index contributed by atoms with van der Waals surface area (Å²) in [6.45, 7) is 0.548. The third kappa shape index (κ3) is 3.29. The molecule has 0 saturated heterocycles. The molecule has 1 aromatic carbocycles.